The average molecular weight is 330 g/mol. The van der Waals surface area contributed by atoms with Crippen molar-refractivity contribution in [3.63, 3.8) is 0 Å². The van der Waals surface area contributed by atoms with Gasteiger partial charge >= 0.3 is 5.97 Å². The largest absolute Gasteiger partial charge is 0.426 e. The van der Waals surface area contributed by atoms with Gasteiger partial charge in [-0.15, -0.1) is 0 Å². The molecule has 1 aliphatic rings. The normalized spacial score (nSPS) is 18.5. The lowest BCUT2D eigenvalue weighted by molar-refractivity contribution is -0.138. The Labute approximate surface area is 141 Å². The summed E-state index contributed by atoms with van der Waals surface area (Å²) >= 11 is 0. The number of rotatable bonds is 6. The maximum Gasteiger partial charge on any atom is 0.314 e. The van der Waals surface area contributed by atoms with Crippen LogP contribution in [0, 0.1) is 5.92 Å². The Morgan fingerprint density at radius 2 is 2.17 bits per heavy atom. The van der Waals surface area contributed by atoms with Gasteiger partial charge in [0.2, 0.25) is 5.82 Å². The van der Waals surface area contributed by atoms with E-state index < -0.39 is 0 Å². The molecule has 0 unspecified atom stereocenters. The number of esters is 1. The molecule has 2 atom stereocenters. The molecular formula is C18H22N2O4. The lowest BCUT2D eigenvalue weighted by atomic mass is 10.1. The van der Waals surface area contributed by atoms with Crippen LogP contribution in [0.15, 0.2) is 28.8 Å². The van der Waals surface area contributed by atoms with Crippen molar-refractivity contribution in [3.05, 3.63) is 30.2 Å². The molecule has 0 spiro atoms. The zero-order valence-electron chi connectivity index (χ0n) is 14.0. The summed E-state index contributed by atoms with van der Waals surface area (Å²) in [5.41, 5.74) is 0.810. The molecule has 1 aromatic heterocycles. The van der Waals surface area contributed by atoms with Gasteiger partial charge in [-0.25, -0.2) is 0 Å². The van der Waals surface area contributed by atoms with Crippen molar-refractivity contribution in [2.75, 3.05) is 6.61 Å². The molecule has 0 bridgehead atoms. The monoisotopic (exact) mass is 330 g/mol. The molecule has 6 nitrogen and oxygen atoms in total. The fraction of sp³-hybridized carbons (Fsp3) is 0.500. The van der Waals surface area contributed by atoms with E-state index in [0.29, 0.717) is 17.5 Å². The second-order valence-corrected chi connectivity index (χ2v) is 6.09. The van der Waals surface area contributed by atoms with Gasteiger partial charge in [0, 0.05) is 12.2 Å². The van der Waals surface area contributed by atoms with Gasteiger partial charge in [0.05, 0.1) is 5.92 Å². The van der Waals surface area contributed by atoms with Crippen molar-refractivity contribution in [3.8, 4) is 17.1 Å². The molecule has 0 aliphatic carbocycles. The Kier molecular flexibility index (Phi) is 5.25. The SMILES string of the molecule is CCC[C@H](C)C(=O)Oc1ccc(-c2noc([C@@H]3CCCO3)n2)cc1. The summed E-state index contributed by atoms with van der Waals surface area (Å²) in [6.45, 7) is 4.67. The fourth-order valence-corrected chi connectivity index (χ4v) is 2.70. The number of hydrogen-bond donors (Lipinski definition) is 0. The number of benzene rings is 1. The van der Waals surface area contributed by atoms with E-state index in [9.17, 15) is 4.79 Å². The topological polar surface area (TPSA) is 74.5 Å². The third-order valence-electron chi connectivity index (χ3n) is 4.10. The van der Waals surface area contributed by atoms with Crippen molar-refractivity contribution in [1.82, 2.24) is 10.1 Å². The zero-order valence-corrected chi connectivity index (χ0v) is 14.0. The van der Waals surface area contributed by atoms with E-state index in [1.807, 2.05) is 26.0 Å². The van der Waals surface area contributed by atoms with E-state index in [-0.39, 0.29) is 18.0 Å². The molecule has 1 fully saturated rings. The van der Waals surface area contributed by atoms with Crippen molar-refractivity contribution in [2.24, 2.45) is 5.92 Å². The molecule has 3 rings (SSSR count). The van der Waals surface area contributed by atoms with Crippen LogP contribution in [0.1, 0.15) is 51.5 Å². The number of carbonyl (C=O) groups is 1. The maximum absolute atomic E-state index is 11.9. The van der Waals surface area contributed by atoms with Crippen LogP contribution >= 0.6 is 0 Å². The van der Waals surface area contributed by atoms with Crippen LogP contribution in [0.3, 0.4) is 0 Å². The smallest absolute Gasteiger partial charge is 0.314 e. The molecule has 128 valence electrons. The van der Waals surface area contributed by atoms with Crippen LogP contribution in [-0.2, 0) is 9.53 Å². The second-order valence-electron chi connectivity index (χ2n) is 6.09. The lowest BCUT2D eigenvalue weighted by Crippen LogP contribution is -2.17. The van der Waals surface area contributed by atoms with Gasteiger partial charge in [-0.3, -0.25) is 4.79 Å². The van der Waals surface area contributed by atoms with Crippen LogP contribution in [0.2, 0.25) is 0 Å². The highest BCUT2D eigenvalue weighted by atomic mass is 16.5. The fourth-order valence-electron chi connectivity index (χ4n) is 2.70. The maximum atomic E-state index is 11.9. The summed E-state index contributed by atoms with van der Waals surface area (Å²) in [5.74, 6) is 1.25. The van der Waals surface area contributed by atoms with Gasteiger partial charge in [0.15, 0.2) is 0 Å². The zero-order chi connectivity index (χ0) is 16.9. The Morgan fingerprint density at radius 1 is 1.38 bits per heavy atom. The van der Waals surface area contributed by atoms with Crippen molar-refractivity contribution >= 4 is 5.97 Å². The molecule has 0 saturated carbocycles. The Hall–Kier alpha value is -2.21. The van der Waals surface area contributed by atoms with Crippen LogP contribution < -0.4 is 4.74 Å². The van der Waals surface area contributed by atoms with Crippen LogP contribution in [0.5, 0.6) is 5.75 Å². The van der Waals surface area contributed by atoms with Crippen LogP contribution in [0.25, 0.3) is 11.4 Å². The molecule has 0 radical (unpaired) electrons. The molecule has 6 heteroatoms. The first-order chi connectivity index (χ1) is 11.7. The van der Waals surface area contributed by atoms with E-state index in [0.717, 1.165) is 37.9 Å². The van der Waals surface area contributed by atoms with Gasteiger partial charge in [-0.1, -0.05) is 25.4 Å². The van der Waals surface area contributed by atoms with E-state index in [1.54, 1.807) is 12.1 Å². The van der Waals surface area contributed by atoms with Crippen molar-refractivity contribution in [2.45, 2.75) is 45.6 Å². The third-order valence-corrected chi connectivity index (χ3v) is 4.10. The minimum absolute atomic E-state index is 0.0912. The second kappa shape index (κ2) is 7.57. The summed E-state index contributed by atoms with van der Waals surface area (Å²) in [7, 11) is 0. The predicted octanol–water partition coefficient (Wildman–Crippen LogP) is 3.93. The average Bonchev–Trinajstić information content (AvgIpc) is 3.27. The highest BCUT2D eigenvalue weighted by Crippen LogP contribution is 2.29. The molecule has 1 aliphatic heterocycles. The molecule has 24 heavy (non-hydrogen) atoms. The Bertz CT molecular complexity index is 675. The highest BCUT2D eigenvalue weighted by molar-refractivity contribution is 5.74. The summed E-state index contributed by atoms with van der Waals surface area (Å²) in [4.78, 5) is 16.3. The van der Waals surface area contributed by atoms with E-state index >= 15 is 0 Å². The number of ether oxygens (including phenoxy) is 2. The number of hydrogen-bond acceptors (Lipinski definition) is 6. The van der Waals surface area contributed by atoms with Gasteiger partial charge < -0.3 is 14.0 Å². The van der Waals surface area contributed by atoms with E-state index in [2.05, 4.69) is 10.1 Å². The van der Waals surface area contributed by atoms with Gasteiger partial charge in [0.1, 0.15) is 11.9 Å². The molecule has 0 amide bonds. The minimum atomic E-state index is -0.204. The van der Waals surface area contributed by atoms with Crippen molar-refractivity contribution in [1.29, 1.82) is 0 Å². The molecule has 1 saturated heterocycles. The Balaban J connectivity index is 1.65. The summed E-state index contributed by atoms with van der Waals surface area (Å²) in [6.07, 6.45) is 3.61. The highest BCUT2D eigenvalue weighted by Gasteiger charge is 2.24. The summed E-state index contributed by atoms with van der Waals surface area (Å²) < 4.78 is 16.2. The lowest BCUT2D eigenvalue weighted by Gasteiger charge is -2.10. The molecular weight excluding hydrogens is 308 g/mol. The minimum Gasteiger partial charge on any atom is -0.426 e. The van der Waals surface area contributed by atoms with Crippen LogP contribution in [0.4, 0.5) is 0 Å². The first-order valence-corrected chi connectivity index (χ1v) is 8.44. The summed E-state index contributed by atoms with van der Waals surface area (Å²) in [6, 6.07) is 7.12. The standard InChI is InChI=1S/C18H22N2O4/c1-3-5-12(2)18(21)23-14-9-7-13(8-10-14)16-19-17(24-20-16)15-6-4-11-22-15/h7-10,12,15H,3-6,11H2,1-2H3/t12-,15-/m0/s1. The first-order valence-electron chi connectivity index (χ1n) is 8.44. The van der Waals surface area contributed by atoms with Gasteiger partial charge in [-0.05, 0) is 43.5 Å². The molecule has 0 N–H and O–H groups in total. The molecule has 1 aromatic carbocycles. The van der Waals surface area contributed by atoms with Crippen molar-refractivity contribution < 1.29 is 18.8 Å². The predicted molar refractivity (Wildman–Crippen MR) is 87.4 cm³/mol. The quantitative estimate of drug-likeness (QED) is 0.590. The van der Waals surface area contributed by atoms with E-state index in [4.69, 9.17) is 14.0 Å². The number of carbonyl (C=O) groups excluding carboxylic acids is 1. The molecule has 2 aromatic rings. The number of nitrogens with zero attached hydrogens (tertiary/aromatic N) is 2. The molecule has 2 heterocycles. The van der Waals surface area contributed by atoms with Gasteiger partial charge in [0.25, 0.3) is 5.89 Å². The Morgan fingerprint density at radius 3 is 2.83 bits per heavy atom. The van der Waals surface area contributed by atoms with E-state index in [1.165, 1.54) is 0 Å². The van der Waals surface area contributed by atoms with Crippen LogP contribution in [-0.4, -0.2) is 22.7 Å². The third kappa shape index (κ3) is 3.82. The number of aromatic nitrogens is 2. The summed E-state index contributed by atoms with van der Waals surface area (Å²) in [5, 5.41) is 4.00. The first kappa shape index (κ1) is 16.6. The van der Waals surface area contributed by atoms with Gasteiger partial charge in [-0.2, -0.15) is 4.98 Å².